The first kappa shape index (κ1) is 13.0. The van der Waals surface area contributed by atoms with Gasteiger partial charge >= 0.3 is 0 Å². The molecule has 2 N–H and O–H groups in total. The van der Waals surface area contributed by atoms with E-state index in [0.29, 0.717) is 17.3 Å². The predicted octanol–water partition coefficient (Wildman–Crippen LogP) is 4.25. The van der Waals surface area contributed by atoms with Crippen LogP contribution in [0.1, 0.15) is 0 Å². The lowest BCUT2D eigenvalue weighted by molar-refractivity contribution is 0.457. The van der Waals surface area contributed by atoms with E-state index in [2.05, 4.69) is 4.98 Å². The van der Waals surface area contributed by atoms with Crippen molar-refractivity contribution < 1.29 is 9.47 Å². The minimum absolute atomic E-state index is 0.465. The summed E-state index contributed by atoms with van der Waals surface area (Å²) in [5, 5.41) is 0. The summed E-state index contributed by atoms with van der Waals surface area (Å²) < 4.78 is 11.3. The second-order valence-corrected chi connectivity index (χ2v) is 4.42. The van der Waals surface area contributed by atoms with Crippen molar-refractivity contribution in [1.82, 2.24) is 4.98 Å². The average Bonchev–Trinajstić information content (AvgIpc) is 2.50. The van der Waals surface area contributed by atoms with Crippen LogP contribution in [0.3, 0.4) is 0 Å². The summed E-state index contributed by atoms with van der Waals surface area (Å²) in [6.45, 7) is 0. The lowest BCUT2D eigenvalue weighted by atomic mass is 10.3. The standard InChI is InChI=1S/C17H14N2O2/c18-13-10-11-19-17(12-13)21-16-8-6-15(7-9-16)20-14-4-2-1-3-5-14/h1-12H,(H2,18,19). The molecule has 21 heavy (non-hydrogen) atoms. The highest BCUT2D eigenvalue weighted by Gasteiger charge is 2.01. The third kappa shape index (κ3) is 3.51. The molecule has 4 nitrogen and oxygen atoms in total. The number of pyridine rings is 1. The van der Waals surface area contributed by atoms with Crippen LogP contribution < -0.4 is 15.2 Å². The first-order chi connectivity index (χ1) is 10.3. The Hall–Kier alpha value is -3.01. The molecule has 3 rings (SSSR count). The zero-order valence-corrected chi connectivity index (χ0v) is 11.3. The lowest BCUT2D eigenvalue weighted by Gasteiger charge is -2.08. The first-order valence-corrected chi connectivity index (χ1v) is 6.52. The molecule has 104 valence electrons. The quantitative estimate of drug-likeness (QED) is 0.775. The SMILES string of the molecule is Nc1ccnc(Oc2ccc(Oc3ccccc3)cc2)c1. The largest absolute Gasteiger partial charge is 0.457 e. The van der Waals surface area contributed by atoms with Gasteiger partial charge in [-0.15, -0.1) is 0 Å². The van der Waals surface area contributed by atoms with Crippen molar-refractivity contribution in [2.24, 2.45) is 0 Å². The smallest absolute Gasteiger partial charge is 0.221 e. The molecule has 0 amide bonds. The van der Waals surface area contributed by atoms with Crippen molar-refractivity contribution in [2.45, 2.75) is 0 Å². The van der Waals surface area contributed by atoms with Crippen molar-refractivity contribution in [2.75, 3.05) is 5.73 Å². The average molecular weight is 278 g/mol. The Balaban J connectivity index is 1.69. The van der Waals surface area contributed by atoms with Gasteiger partial charge in [0.15, 0.2) is 0 Å². The number of para-hydroxylation sites is 1. The number of nitrogens with two attached hydrogens (primary N) is 1. The van der Waals surface area contributed by atoms with Crippen molar-refractivity contribution in [3.8, 4) is 23.1 Å². The monoisotopic (exact) mass is 278 g/mol. The third-order valence-electron chi connectivity index (χ3n) is 2.78. The topological polar surface area (TPSA) is 57.4 Å². The Morgan fingerprint density at radius 1 is 0.714 bits per heavy atom. The molecular weight excluding hydrogens is 264 g/mol. The highest BCUT2D eigenvalue weighted by Crippen LogP contribution is 2.26. The summed E-state index contributed by atoms with van der Waals surface area (Å²) in [6.07, 6.45) is 1.61. The van der Waals surface area contributed by atoms with Crippen LogP contribution in [0.25, 0.3) is 0 Å². The van der Waals surface area contributed by atoms with Gasteiger partial charge in [-0.25, -0.2) is 4.98 Å². The molecule has 0 spiro atoms. The molecule has 0 saturated heterocycles. The zero-order valence-electron chi connectivity index (χ0n) is 11.3. The van der Waals surface area contributed by atoms with Gasteiger partial charge in [0.2, 0.25) is 5.88 Å². The fourth-order valence-corrected chi connectivity index (χ4v) is 1.80. The Morgan fingerprint density at radius 2 is 1.33 bits per heavy atom. The molecule has 3 aromatic rings. The molecule has 0 atom stereocenters. The van der Waals surface area contributed by atoms with E-state index in [4.69, 9.17) is 15.2 Å². The predicted molar refractivity (Wildman–Crippen MR) is 81.7 cm³/mol. The molecular formula is C17H14N2O2. The van der Waals surface area contributed by atoms with Gasteiger partial charge in [-0.05, 0) is 42.5 Å². The van der Waals surface area contributed by atoms with E-state index < -0.39 is 0 Å². The minimum atomic E-state index is 0.465. The number of aromatic nitrogens is 1. The number of hydrogen-bond acceptors (Lipinski definition) is 4. The molecule has 0 radical (unpaired) electrons. The third-order valence-corrected chi connectivity index (χ3v) is 2.78. The van der Waals surface area contributed by atoms with E-state index in [-0.39, 0.29) is 0 Å². The lowest BCUT2D eigenvalue weighted by Crippen LogP contribution is -1.90. The van der Waals surface area contributed by atoms with Crippen molar-refractivity contribution in [3.05, 3.63) is 72.9 Å². The Bertz CT molecular complexity index is 712. The highest BCUT2D eigenvalue weighted by atomic mass is 16.5. The number of rotatable bonds is 4. The molecule has 0 unspecified atom stereocenters. The molecule has 0 aliphatic heterocycles. The molecule has 1 heterocycles. The molecule has 0 aliphatic carbocycles. The van der Waals surface area contributed by atoms with Crippen molar-refractivity contribution in [1.29, 1.82) is 0 Å². The van der Waals surface area contributed by atoms with E-state index in [1.165, 1.54) is 0 Å². The molecule has 0 fully saturated rings. The van der Waals surface area contributed by atoms with Gasteiger partial charge in [0, 0.05) is 18.0 Å². The maximum absolute atomic E-state index is 5.71. The second kappa shape index (κ2) is 5.96. The molecule has 0 saturated carbocycles. The second-order valence-electron chi connectivity index (χ2n) is 4.42. The van der Waals surface area contributed by atoms with E-state index >= 15 is 0 Å². The number of benzene rings is 2. The Morgan fingerprint density at radius 3 is 2.00 bits per heavy atom. The zero-order chi connectivity index (χ0) is 14.5. The van der Waals surface area contributed by atoms with Crippen LogP contribution in [0.5, 0.6) is 23.1 Å². The number of hydrogen-bond donors (Lipinski definition) is 1. The number of anilines is 1. The van der Waals surface area contributed by atoms with Crippen LogP contribution >= 0.6 is 0 Å². The Kier molecular flexibility index (Phi) is 3.69. The van der Waals surface area contributed by atoms with Gasteiger partial charge in [0.05, 0.1) is 0 Å². The summed E-state index contributed by atoms with van der Waals surface area (Å²) in [5.41, 5.74) is 6.30. The van der Waals surface area contributed by atoms with Gasteiger partial charge in [-0.1, -0.05) is 18.2 Å². The van der Waals surface area contributed by atoms with Crippen LogP contribution in [0.15, 0.2) is 72.9 Å². The number of nitrogens with zero attached hydrogens (tertiary/aromatic N) is 1. The fourth-order valence-electron chi connectivity index (χ4n) is 1.80. The van der Waals surface area contributed by atoms with Crippen molar-refractivity contribution in [3.63, 3.8) is 0 Å². The van der Waals surface area contributed by atoms with Crippen molar-refractivity contribution >= 4 is 5.69 Å². The molecule has 4 heteroatoms. The molecule has 0 bridgehead atoms. The maximum Gasteiger partial charge on any atom is 0.221 e. The van der Waals surface area contributed by atoms with Crippen LogP contribution in [-0.4, -0.2) is 4.98 Å². The minimum Gasteiger partial charge on any atom is -0.457 e. The van der Waals surface area contributed by atoms with E-state index in [0.717, 1.165) is 11.5 Å². The van der Waals surface area contributed by atoms with E-state index in [9.17, 15) is 0 Å². The summed E-state index contributed by atoms with van der Waals surface area (Å²) in [7, 11) is 0. The van der Waals surface area contributed by atoms with E-state index in [1.54, 1.807) is 18.3 Å². The van der Waals surface area contributed by atoms with E-state index in [1.807, 2.05) is 54.6 Å². The van der Waals surface area contributed by atoms with Crippen LogP contribution in [0.2, 0.25) is 0 Å². The van der Waals surface area contributed by atoms with Crippen LogP contribution in [0.4, 0.5) is 5.69 Å². The fraction of sp³-hybridized carbons (Fsp3) is 0. The molecule has 0 aliphatic rings. The maximum atomic E-state index is 5.71. The van der Waals surface area contributed by atoms with Gasteiger partial charge in [-0.2, -0.15) is 0 Å². The van der Waals surface area contributed by atoms with Gasteiger partial charge in [0.1, 0.15) is 17.2 Å². The summed E-state index contributed by atoms with van der Waals surface area (Å²) in [4.78, 5) is 4.09. The van der Waals surface area contributed by atoms with Gasteiger partial charge in [-0.3, -0.25) is 0 Å². The Labute approximate surface area is 122 Å². The van der Waals surface area contributed by atoms with Gasteiger partial charge < -0.3 is 15.2 Å². The summed E-state index contributed by atoms with van der Waals surface area (Å²) in [5.74, 6) is 2.68. The molecule has 2 aromatic carbocycles. The summed E-state index contributed by atoms with van der Waals surface area (Å²) in [6, 6.07) is 20.3. The van der Waals surface area contributed by atoms with Crippen LogP contribution in [-0.2, 0) is 0 Å². The number of nitrogen functional groups attached to an aromatic ring is 1. The highest BCUT2D eigenvalue weighted by molar-refractivity contribution is 5.42. The number of ether oxygens (including phenoxy) is 2. The normalized spacial score (nSPS) is 10.1. The summed E-state index contributed by atoms with van der Waals surface area (Å²) >= 11 is 0. The van der Waals surface area contributed by atoms with Gasteiger partial charge in [0.25, 0.3) is 0 Å². The first-order valence-electron chi connectivity index (χ1n) is 6.52. The molecule has 1 aromatic heterocycles. The van der Waals surface area contributed by atoms with Crippen LogP contribution in [0, 0.1) is 0 Å².